The molecule has 0 aliphatic heterocycles. The number of benzene rings is 2. The van der Waals surface area contributed by atoms with Gasteiger partial charge in [-0.1, -0.05) is 51.1 Å². The van der Waals surface area contributed by atoms with E-state index >= 15 is 0 Å². The molecule has 0 saturated heterocycles. The number of hydrogen-bond donors (Lipinski definition) is 0. The SMILES string of the molecule is CCc1cc(F)cc(C(C)C)c1-n1ccnc1-c1ccccc1. The lowest BCUT2D eigenvalue weighted by molar-refractivity contribution is 0.619. The van der Waals surface area contributed by atoms with Crippen molar-refractivity contribution in [2.45, 2.75) is 33.1 Å². The molecule has 2 aromatic carbocycles. The highest BCUT2D eigenvalue weighted by Gasteiger charge is 2.17. The van der Waals surface area contributed by atoms with E-state index < -0.39 is 0 Å². The lowest BCUT2D eigenvalue weighted by atomic mass is 9.96. The number of imidazole rings is 1. The maximum absolute atomic E-state index is 14.0. The van der Waals surface area contributed by atoms with Crippen molar-refractivity contribution in [3.63, 3.8) is 0 Å². The molecule has 0 aliphatic carbocycles. The first-order valence-electron chi connectivity index (χ1n) is 8.03. The zero-order valence-electron chi connectivity index (χ0n) is 13.8. The third-order valence-corrected chi connectivity index (χ3v) is 4.10. The van der Waals surface area contributed by atoms with Gasteiger partial charge in [0.15, 0.2) is 0 Å². The summed E-state index contributed by atoms with van der Waals surface area (Å²) < 4.78 is 16.1. The summed E-state index contributed by atoms with van der Waals surface area (Å²) in [5.41, 5.74) is 4.12. The standard InChI is InChI=1S/C20H21FN2/c1-4-15-12-17(21)13-18(14(2)3)19(15)23-11-10-22-20(23)16-8-6-5-7-9-16/h5-14H,4H2,1-3H3. The molecule has 0 spiro atoms. The van der Waals surface area contributed by atoms with E-state index in [1.54, 1.807) is 18.3 Å². The average Bonchev–Trinajstić information content (AvgIpc) is 3.03. The van der Waals surface area contributed by atoms with Crippen molar-refractivity contribution < 1.29 is 4.39 Å². The molecule has 0 aliphatic rings. The Kier molecular flexibility index (Phi) is 4.28. The summed E-state index contributed by atoms with van der Waals surface area (Å²) in [4.78, 5) is 4.53. The number of aromatic nitrogens is 2. The van der Waals surface area contributed by atoms with Gasteiger partial charge in [-0.25, -0.2) is 9.37 Å². The highest BCUT2D eigenvalue weighted by Crippen LogP contribution is 2.31. The zero-order valence-corrected chi connectivity index (χ0v) is 13.8. The second-order valence-corrected chi connectivity index (χ2v) is 6.00. The van der Waals surface area contributed by atoms with E-state index in [1.807, 2.05) is 36.5 Å². The van der Waals surface area contributed by atoms with Gasteiger partial charge in [-0.15, -0.1) is 0 Å². The second-order valence-electron chi connectivity index (χ2n) is 6.00. The van der Waals surface area contributed by atoms with Gasteiger partial charge >= 0.3 is 0 Å². The molecule has 23 heavy (non-hydrogen) atoms. The fourth-order valence-electron chi connectivity index (χ4n) is 2.97. The van der Waals surface area contributed by atoms with Crippen LogP contribution in [0.4, 0.5) is 4.39 Å². The van der Waals surface area contributed by atoms with Gasteiger partial charge in [0.25, 0.3) is 0 Å². The van der Waals surface area contributed by atoms with E-state index in [0.29, 0.717) is 0 Å². The third kappa shape index (κ3) is 2.91. The van der Waals surface area contributed by atoms with Gasteiger partial charge in [0.1, 0.15) is 11.6 Å². The summed E-state index contributed by atoms with van der Waals surface area (Å²) >= 11 is 0. The highest BCUT2D eigenvalue weighted by atomic mass is 19.1. The average molecular weight is 308 g/mol. The lowest BCUT2D eigenvalue weighted by Gasteiger charge is -2.19. The molecule has 0 fully saturated rings. The molecule has 3 heteroatoms. The van der Waals surface area contributed by atoms with Gasteiger partial charge in [-0.3, -0.25) is 4.57 Å². The van der Waals surface area contributed by atoms with Crippen LogP contribution in [0.15, 0.2) is 54.9 Å². The molecule has 3 aromatic rings. The maximum Gasteiger partial charge on any atom is 0.144 e. The molecule has 0 bridgehead atoms. The van der Waals surface area contributed by atoms with Crippen molar-refractivity contribution in [2.24, 2.45) is 0 Å². The van der Waals surface area contributed by atoms with Crippen LogP contribution in [0.3, 0.4) is 0 Å². The van der Waals surface area contributed by atoms with Crippen LogP contribution in [0.25, 0.3) is 17.1 Å². The fourth-order valence-corrected chi connectivity index (χ4v) is 2.97. The molecular formula is C20H21FN2. The maximum atomic E-state index is 14.0. The normalized spacial score (nSPS) is 11.2. The summed E-state index contributed by atoms with van der Waals surface area (Å²) in [5.74, 6) is 0.946. The Morgan fingerprint density at radius 1 is 1.13 bits per heavy atom. The predicted octanol–water partition coefficient (Wildman–Crippen LogP) is 5.36. The molecule has 118 valence electrons. The van der Waals surface area contributed by atoms with Crippen LogP contribution in [-0.4, -0.2) is 9.55 Å². The monoisotopic (exact) mass is 308 g/mol. The first-order valence-corrected chi connectivity index (χ1v) is 8.03. The summed E-state index contributed by atoms with van der Waals surface area (Å²) in [7, 11) is 0. The molecule has 0 amide bonds. The Bertz CT molecular complexity index is 804. The van der Waals surface area contributed by atoms with Crippen LogP contribution in [0.2, 0.25) is 0 Å². The molecule has 0 atom stereocenters. The van der Waals surface area contributed by atoms with Crippen molar-refractivity contribution in [3.8, 4) is 17.1 Å². The fraction of sp³-hybridized carbons (Fsp3) is 0.250. The summed E-state index contributed by atoms with van der Waals surface area (Å²) in [5, 5.41) is 0. The number of hydrogen-bond acceptors (Lipinski definition) is 1. The molecule has 0 radical (unpaired) electrons. The van der Waals surface area contributed by atoms with Crippen molar-refractivity contribution in [1.29, 1.82) is 0 Å². The number of halogens is 1. The molecule has 0 unspecified atom stereocenters. The summed E-state index contributed by atoms with van der Waals surface area (Å²) in [6.07, 6.45) is 4.54. The number of rotatable bonds is 4. The van der Waals surface area contributed by atoms with Gasteiger partial charge < -0.3 is 0 Å². The van der Waals surface area contributed by atoms with Gasteiger partial charge in [-0.2, -0.15) is 0 Å². The highest BCUT2D eigenvalue weighted by molar-refractivity contribution is 5.61. The minimum atomic E-state index is -0.171. The molecule has 1 heterocycles. The predicted molar refractivity (Wildman–Crippen MR) is 92.4 cm³/mol. The van der Waals surface area contributed by atoms with E-state index in [1.165, 1.54) is 0 Å². The van der Waals surface area contributed by atoms with Crippen molar-refractivity contribution >= 4 is 0 Å². The Morgan fingerprint density at radius 3 is 2.52 bits per heavy atom. The van der Waals surface area contributed by atoms with Crippen molar-refractivity contribution in [1.82, 2.24) is 9.55 Å². The van der Waals surface area contributed by atoms with E-state index in [-0.39, 0.29) is 11.7 Å². The van der Waals surface area contributed by atoms with Crippen LogP contribution >= 0.6 is 0 Å². The van der Waals surface area contributed by atoms with Crippen molar-refractivity contribution in [2.75, 3.05) is 0 Å². The molecule has 0 N–H and O–H groups in total. The van der Waals surface area contributed by atoms with Crippen LogP contribution in [0.5, 0.6) is 0 Å². The topological polar surface area (TPSA) is 17.8 Å². The van der Waals surface area contributed by atoms with E-state index in [4.69, 9.17) is 0 Å². The smallest absolute Gasteiger partial charge is 0.144 e. The quantitative estimate of drug-likeness (QED) is 0.634. The third-order valence-electron chi connectivity index (χ3n) is 4.10. The Balaban J connectivity index is 2.26. The first kappa shape index (κ1) is 15.5. The van der Waals surface area contributed by atoms with Crippen LogP contribution in [0.1, 0.15) is 37.8 Å². The molecule has 3 rings (SSSR count). The van der Waals surface area contributed by atoms with E-state index in [0.717, 1.165) is 34.6 Å². The minimum absolute atomic E-state index is 0.171. The Morgan fingerprint density at radius 2 is 1.87 bits per heavy atom. The number of nitrogens with zero attached hydrogens (tertiary/aromatic N) is 2. The summed E-state index contributed by atoms with van der Waals surface area (Å²) in [6, 6.07) is 13.4. The molecule has 1 aromatic heterocycles. The molecular weight excluding hydrogens is 287 g/mol. The van der Waals surface area contributed by atoms with Gasteiger partial charge in [0.2, 0.25) is 0 Å². The molecule has 0 saturated carbocycles. The number of aryl methyl sites for hydroxylation is 1. The lowest BCUT2D eigenvalue weighted by Crippen LogP contribution is -2.07. The first-order chi connectivity index (χ1) is 11.1. The summed E-state index contributed by atoms with van der Waals surface area (Å²) in [6.45, 7) is 6.25. The Hall–Kier alpha value is -2.42. The zero-order chi connectivity index (χ0) is 16.4. The van der Waals surface area contributed by atoms with Crippen LogP contribution in [0, 0.1) is 5.82 Å². The minimum Gasteiger partial charge on any atom is -0.299 e. The van der Waals surface area contributed by atoms with Gasteiger partial charge in [-0.05, 0) is 35.6 Å². The molecule has 2 nitrogen and oxygen atoms in total. The van der Waals surface area contributed by atoms with E-state index in [9.17, 15) is 4.39 Å². The van der Waals surface area contributed by atoms with Crippen molar-refractivity contribution in [3.05, 3.63) is 71.8 Å². The van der Waals surface area contributed by atoms with Gasteiger partial charge in [0, 0.05) is 18.0 Å². The largest absolute Gasteiger partial charge is 0.299 e. The van der Waals surface area contributed by atoms with Crippen LogP contribution in [-0.2, 0) is 6.42 Å². The second kappa shape index (κ2) is 6.37. The van der Waals surface area contributed by atoms with Gasteiger partial charge in [0.05, 0.1) is 5.69 Å². The van der Waals surface area contributed by atoms with Crippen LogP contribution < -0.4 is 0 Å². The van der Waals surface area contributed by atoms with E-state index in [2.05, 4.69) is 30.3 Å². The Labute approximate surface area is 136 Å².